The Morgan fingerprint density at radius 2 is 1.83 bits per heavy atom. The number of hydrogen-bond acceptors (Lipinski definition) is 4. The molecule has 2 aromatic rings. The van der Waals surface area contributed by atoms with E-state index in [4.69, 9.17) is 0 Å². The van der Waals surface area contributed by atoms with E-state index in [1.807, 2.05) is 19.1 Å². The van der Waals surface area contributed by atoms with Gasteiger partial charge in [0.05, 0.1) is 5.25 Å². The van der Waals surface area contributed by atoms with Gasteiger partial charge in [0.1, 0.15) is 16.5 Å². The second kappa shape index (κ2) is 6.47. The maximum atomic E-state index is 13.9. The summed E-state index contributed by atoms with van der Waals surface area (Å²) >= 11 is 0. The molecule has 0 N–H and O–H groups in total. The molecule has 1 aromatic carbocycles. The fraction of sp³-hybridized carbons (Fsp3) is 0.353. The van der Waals surface area contributed by atoms with Gasteiger partial charge in [0.2, 0.25) is 0 Å². The second-order valence-electron chi connectivity index (χ2n) is 5.96. The standard InChI is InChI=1S/C17H18F2N2O2S/c1-12-10-14(4-7-20-12)21-8-5-15(6-9-21)24(22,23)17-3-2-13(18)11-16(17)19/h2-4,7,10-11,15H,5-6,8-9H2,1H3. The number of rotatable bonds is 3. The zero-order valence-electron chi connectivity index (χ0n) is 13.2. The first-order valence-electron chi connectivity index (χ1n) is 7.74. The highest BCUT2D eigenvalue weighted by molar-refractivity contribution is 7.92. The van der Waals surface area contributed by atoms with E-state index < -0.39 is 31.6 Å². The Bertz CT molecular complexity index is 847. The van der Waals surface area contributed by atoms with Gasteiger partial charge < -0.3 is 4.90 Å². The van der Waals surface area contributed by atoms with Crippen molar-refractivity contribution in [2.24, 2.45) is 0 Å². The maximum Gasteiger partial charge on any atom is 0.184 e. The topological polar surface area (TPSA) is 50.3 Å². The highest BCUT2D eigenvalue weighted by Crippen LogP contribution is 2.28. The molecule has 0 unspecified atom stereocenters. The van der Waals surface area contributed by atoms with Crippen molar-refractivity contribution in [3.8, 4) is 0 Å². The number of anilines is 1. The third kappa shape index (κ3) is 3.26. The summed E-state index contributed by atoms with van der Waals surface area (Å²) in [6, 6.07) is 6.45. The molecule has 0 amide bonds. The van der Waals surface area contributed by atoms with Gasteiger partial charge in [0.15, 0.2) is 9.84 Å². The van der Waals surface area contributed by atoms with Crippen molar-refractivity contribution in [2.75, 3.05) is 18.0 Å². The Morgan fingerprint density at radius 3 is 2.46 bits per heavy atom. The molecule has 1 aliphatic heterocycles. The average molecular weight is 352 g/mol. The van der Waals surface area contributed by atoms with Crippen molar-refractivity contribution < 1.29 is 17.2 Å². The van der Waals surface area contributed by atoms with E-state index in [1.165, 1.54) is 0 Å². The lowest BCUT2D eigenvalue weighted by Gasteiger charge is -2.33. The summed E-state index contributed by atoms with van der Waals surface area (Å²) in [4.78, 5) is 5.83. The first kappa shape index (κ1) is 16.8. The van der Waals surface area contributed by atoms with Crippen LogP contribution in [0.1, 0.15) is 18.5 Å². The van der Waals surface area contributed by atoms with Crippen LogP contribution in [0.3, 0.4) is 0 Å². The molecule has 1 aromatic heterocycles. The van der Waals surface area contributed by atoms with Crippen LogP contribution in [0.5, 0.6) is 0 Å². The molecule has 2 heterocycles. The Morgan fingerprint density at radius 1 is 1.12 bits per heavy atom. The van der Waals surface area contributed by atoms with Gasteiger partial charge in [-0.15, -0.1) is 0 Å². The second-order valence-corrected chi connectivity index (χ2v) is 8.16. The van der Waals surface area contributed by atoms with Gasteiger partial charge in [-0.3, -0.25) is 4.98 Å². The van der Waals surface area contributed by atoms with Crippen LogP contribution >= 0.6 is 0 Å². The molecule has 1 aliphatic rings. The third-order valence-electron chi connectivity index (χ3n) is 4.33. The highest BCUT2D eigenvalue weighted by atomic mass is 32.2. The number of aryl methyl sites for hydroxylation is 1. The predicted molar refractivity (Wildman–Crippen MR) is 87.8 cm³/mol. The monoisotopic (exact) mass is 352 g/mol. The normalized spacial score (nSPS) is 16.4. The molecule has 1 saturated heterocycles. The zero-order chi connectivity index (χ0) is 17.3. The summed E-state index contributed by atoms with van der Waals surface area (Å²) in [7, 11) is -3.80. The number of piperidine rings is 1. The number of hydrogen-bond donors (Lipinski definition) is 0. The van der Waals surface area contributed by atoms with Gasteiger partial charge in [0.25, 0.3) is 0 Å². The number of aromatic nitrogens is 1. The maximum absolute atomic E-state index is 13.9. The minimum Gasteiger partial charge on any atom is -0.371 e. The summed E-state index contributed by atoms with van der Waals surface area (Å²) in [6.07, 6.45) is 2.53. The van der Waals surface area contributed by atoms with E-state index in [1.54, 1.807) is 6.20 Å². The van der Waals surface area contributed by atoms with Crippen LogP contribution in [-0.2, 0) is 9.84 Å². The van der Waals surface area contributed by atoms with Gasteiger partial charge in [-0.1, -0.05) is 0 Å². The molecule has 0 aliphatic carbocycles. The lowest BCUT2D eigenvalue weighted by molar-refractivity contribution is 0.516. The van der Waals surface area contributed by atoms with Crippen LogP contribution in [-0.4, -0.2) is 31.7 Å². The molecule has 7 heteroatoms. The van der Waals surface area contributed by atoms with Crippen molar-refractivity contribution in [1.82, 2.24) is 4.98 Å². The highest BCUT2D eigenvalue weighted by Gasteiger charge is 2.33. The molecule has 0 atom stereocenters. The quantitative estimate of drug-likeness (QED) is 0.797. The Kier molecular flexibility index (Phi) is 4.54. The molecular weight excluding hydrogens is 334 g/mol. The molecule has 0 radical (unpaired) electrons. The van der Waals surface area contributed by atoms with Crippen molar-refractivity contribution in [3.63, 3.8) is 0 Å². The first-order valence-corrected chi connectivity index (χ1v) is 9.29. The Labute approximate surface area is 140 Å². The molecule has 4 nitrogen and oxygen atoms in total. The van der Waals surface area contributed by atoms with E-state index in [0.717, 1.165) is 23.5 Å². The fourth-order valence-corrected chi connectivity index (χ4v) is 4.82. The van der Waals surface area contributed by atoms with Gasteiger partial charge in [-0.2, -0.15) is 0 Å². The minimum absolute atomic E-state index is 0.403. The fourth-order valence-electron chi connectivity index (χ4n) is 3.04. The predicted octanol–water partition coefficient (Wildman–Crippen LogP) is 3.11. The summed E-state index contributed by atoms with van der Waals surface area (Å²) < 4.78 is 52.1. The van der Waals surface area contributed by atoms with Crippen LogP contribution in [0.25, 0.3) is 0 Å². The number of benzene rings is 1. The van der Waals surface area contributed by atoms with E-state index in [9.17, 15) is 17.2 Å². The summed E-state index contributed by atoms with van der Waals surface area (Å²) in [6.45, 7) is 3.03. The van der Waals surface area contributed by atoms with Crippen molar-refractivity contribution in [1.29, 1.82) is 0 Å². The van der Waals surface area contributed by atoms with Crippen LogP contribution < -0.4 is 4.90 Å². The number of halogens is 2. The smallest absolute Gasteiger partial charge is 0.184 e. The number of pyridine rings is 1. The summed E-state index contributed by atoms with van der Waals surface area (Å²) in [5.74, 6) is -1.81. The van der Waals surface area contributed by atoms with Crippen LogP contribution in [0.2, 0.25) is 0 Å². The summed E-state index contributed by atoms with van der Waals surface area (Å²) in [5.41, 5.74) is 1.90. The van der Waals surface area contributed by atoms with Gasteiger partial charge in [-0.05, 0) is 44.0 Å². The lowest BCUT2D eigenvalue weighted by Crippen LogP contribution is -2.39. The molecule has 0 saturated carbocycles. The molecule has 3 rings (SSSR count). The van der Waals surface area contributed by atoms with Crippen LogP contribution in [0.4, 0.5) is 14.5 Å². The summed E-state index contributed by atoms with van der Waals surface area (Å²) in [5, 5.41) is -0.656. The Hall–Kier alpha value is -2.02. The first-order chi connectivity index (χ1) is 11.4. The number of sulfone groups is 1. The van der Waals surface area contributed by atoms with Gasteiger partial charge >= 0.3 is 0 Å². The van der Waals surface area contributed by atoms with Crippen LogP contribution in [0, 0.1) is 18.6 Å². The largest absolute Gasteiger partial charge is 0.371 e. The lowest BCUT2D eigenvalue weighted by atomic mass is 10.1. The molecule has 0 bridgehead atoms. The molecule has 1 fully saturated rings. The van der Waals surface area contributed by atoms with Crippen LogP contribution in [0.15, 0.2) is 41.4 Å². The van der Waals surface area contributed by atoms with Crippen molar-refractivity contribution >= 4 is 15.5 Å². The van der Waals surface area contributed by atoms with Crippen molar-refractivity contribution in [2.45, 2.75) is 29.9 Å². The van der Waals surface area contributed by atoms with E-state index in [-0.39, 0.29) is 0 Å². The molecule has 0 spiro atoms. The minimum atomic E-state index is -3.80. The zero-order valence-corrected chi connectivity index (χ0v) is 14.1. The molecule has 24 heavy (non-hydrogen) atoms. The van der Waals surface area contributed by atoms with Crippen molar-refractivity contribution in [3.05, 3.63) is 53.9 Å². The van der Waals surface area contributed by atoms with E-state index in [2.05, 4.69) is 9.88 Å². The average Bonchev–Trinajstić information content (AvgIpc) is 2.54. The van der Waals surface area contributed by atoms with E-state index >= 15 is 0 Å². The number of nitrogens with zero attached hydrogens (tertiary/aromatic N) is 2. The molecular formula is C17H18F2N2O2S. The Balaban J connectivity index is 1.76. The van der Waals surface area contributed by atoms with Gasteiger partial charge in [0, 0.05) is 36.7 Å². The van der Waals surface area contributed by atoms with E-state index in [0.29, 0.717) is 32.0 Å². The SMILES string of the molecule is Cc1cc(N2CCC(S(=O)(=O)c3ccc(F)cc3F)CC2)ccn1. The van der Waals surface area contributed by atoms with Gasteiger partial charge in [-0.25, -0.2) is 17.2 Å². The molecule has 128 valence electrons. The third-order valence-corrected chi connectivity index (χ3v) is 6.62.